The molecule has 25 heavy (non-hydrogen) atoms. The lowest BCUT2D eigenvalue weighted by molar-refractivity contribution is 0.597. The Morgan fingerprint density at radius 3 is 2.56 bits per heavy atom. The van der Waals surface area contributed by atoms with E-state index >= 15 is 0 Å². The Bertz CT molecular complexity index is 1120. The molecule has 0 spiro atoms. The largest absolute Gasteiger partial charge is 0.238 e. The molecule has 0 aliphatic heterocycles. The van der Waals surface area contributed by atoms with Gasteiger partial charge in [0, 0.05) is 0 Å². The molecule has 4 aromatic rings. The maximum Gasteiger partial charge on any atom is 0.238 e. The molecule has 0 saturated heterocycles. The number of hydrogen-bond acceptors (Lipinski definition) is 8. The highest BCUT2D eigenvalue weighted by molar-refractivity contribution is 8.01. The number of primary sulfonamides is 1. The molecule has 2 heterocycles. The van der Waals surface area contributed by atoms with Crippen molar-refractivity contribution in [2.24, 2.45) is 5.14 Å². The van der Waals surface area contributed by atoms with Gasteiger partial charge in [-0.05, 0) is 58.6 Å². The standard InChI is InChI=1S/C14H10N6O2S3/c15-25(21,22)10-7-5-9(6-8-10)20-13(17-18-19-20)24-14-16-11-3-1-2-4-12(11)23-14/h1-8H,(H2,15,21,22). The summed E-state index contributed by atoms with van der Waals surface area (Å²) in [4.78, 5) is 4.58. The van der Waals surface area contributed by atoms with Crippen LogP contribution in [-0.4, -0.2) is 33.6 Å². The van der Waals surface area contributed by atoms with Crippen LogP contribution >= 0.6 is 23.1 Å². The van der Waals surface area contributed by atoms with Gasteiger partial charge in [0.1, 0.15) is 0 Å². The fraction of sp³-hybridized carbons (Fsp3) is 0. The SMILES string of the molecule is NS(=O)(=O)c1ccc(-n2nnnc2Sc2nc3ccccc3s2)cc1. The third-order valence-electron chi connectivity index (χ3n) is 3.30. The van der Waals surface area contributed by atoms with Crippen molar-refractivity contribution in [3.05, 3.63) is 48.5 Å². The summed E-state index contributed by atoms with van der Waals surface area (Å²) in [6, 6.07) is 13.9. The Hall–Kier alpha value is -2.34. The van der Waals surface area contributed by atoms with E-state index in [1.165, 1.54) is 28.6 Å². The van der Waals surface area contributed by atoms with Gasteiger partial charge in [-0.2, -0.15) is 4.68 Å². The van der Waals surface area contributed by atoms with E-state index in [1.807, 2.05) is 24.3 Å². The molecular weight excluding hydrogens is 380 g/mol. The minimum Gasteiger partial charge on any atom is -0.229 e. The van der Waals surface area contributed by atoms with Crippen LogP contribution in [0.2, 0.25) is 0 Å². The molecule has 0 amide bonds. The summed E-state index contributed by atoms with van der Waals surface area (Å²) in [5.41, 5.74) is 1.55. The number of para-hydroxylation sites is 1. The molecule has 0 aliphatic rings. The van der Waals surface area contributed by atoms with Crippen molar-refractivity contribution in [3.63, 3.8) is 0 Å². The fourth-order valence-corrected chi connectivity index (χ4v) is 4.63. The highest BCUT2D eigenvalue weighted by Crippen LogP contribution is 2.33. The molecule has 2 N–H and O–H groups in total. The van der Waals surface area contributed by atoms with E-state index in [-0.39, 0.29) is 4.90 Å². The van der Waals surface area contributed by atoms with E-state index in [0.717, 1.165) is 14.6 Å². The average Bonchev–Trinajstić information content (AvgIpc) is 3.20. The van der Waals surface area contributed by atoms with Crippen molar-refractivity contribution in [1.82, 2.24) is 25.2 Å². The van der Waals surface area contributed by atoms with Gasteiger partial charge >= 0.3 is 0 Å². The van der Waals surface area contributed by atoms with E-state index in [0.29, 0.717) is 10.8 Å². The van der Waals surface area contributed by atoms with E-state index in [2.05, 4.69) is 20.5 Å². The van der Waals surface area contributed by atoms with Crippen molar-refractivity contribution in [3.8, 4) is 5.69 Å². The molecular formula is C14H10N6O2S3. The summed E-state index contributed by atoms with van der Waals surface area (Å²) in [5.74, 6) is 0. The molecule has 0 bridgehead atoms. The minimum atomic E-state index is -3.74. The first-order chi connectivity index (χ1) is 12.0. The molecule has 126 valence electrons. The molecule has 0 aliphatic carbocycles. The van der Waals surface area contributed by atoms with E-state index < -0.39 is 10.0 Å². The zero-order chi connectivity index (χ0) is 17.4. The summed E-state index contributed by atoms with van der Waals surface area (Å²) in [5, 5.41) is 17.3. The first kappa shape index (κ1) is 16.1. The van der Waals surface area contributed by atoms with Crippen LogP contribution in [0.15, 0.2) is 62.9 Å². The van der Waals surface area contributed by atoms with Crippen molar-refractivity contribution < 1.29 is 8.42 Å². The lowest BCUT2D eigenvalue weighted by Gasteiger charge is -2.04. The van der Waals surface area contributed by atoms with Crippen LogP contribution < -0.4 is 5.14 Å². The first-order valence-corrected chi connectivity index (χ1v) is 10.1. The summed E-state index contributed by atoms with van der Waals surface area (Å²) < 4.78 is 26.1. The van der Waals surface area contributed by atoms with Crippen molar-refractivity contribution in [2.75, 3.05) is 0 Å². The smallest absolute Gasteiger partial charge is 0.229 e. The van der Waals surface area contributed by atoms with Crippen molar-refractivity contribution in [2.45, 2.75) is 14.4 Å². The Balaban J connectivity index is 1.66. The molecule has 0 unspecified atom stereocenters. The number of sulfonamides is 1. The van der Waals surface area contributed by atoms with E-state index in [9.17, 15) is 8.42 Å². The quantitative estimate of drug-likeness (QED) is 0.567. The number of tetrazole rings is 1. The number of nitrogens with two attached hydrogens (primary N) is 1. The van der Waals surface area contributed by atoms with Crippen LogP contribution in [0.25, 0.3) is 15.9 Å². The summed E-state index contributed by atoms with van der Waals surface area (Å²) in [7, 11) is -3.74. The maximum atomic E-state index is 11.3. The zero-order valence-corrected chi connectivity index (χ0v) is 14.9. The van der Waals surface area contributed by atoms with Crippen LogP contribution in [0.3, 0.4) is 0 Å². The lowest BCUT2D eigenvalue weighted by atomic mass is 10.3. The van der Waals surface area contributed by atoms with Crippen LogP contribution in [0.1, 0.15) is 0 Å². The van der Waals surface area contributed by atoms with Gasteiger partial charge in [0.15, 0.2) is 4.34 Å². The van der Waals surface area contributed by atoms with Gasteiger partial charge in [0.2, 0.25) is 15.2 Å². The van der Waals surface area contributed by atoms with Gasteiger partial charge in [-0.25, -0.2) is 18.5 Å². The molecule has 2 aromatic heterocycles. The Morgan fingerprint density at radius 2 is 1.84 bits per heavy atom. The number of fused-ring (bicyclic) bond motifs is 1. The molecule has 4 rings (SSSR count). The van der Waals surface area contributed by atoms with Crippen LogP contribution in [0.4, 0.5) is 0 Å². The Kier molecular flexibility index (Phi) is 4.00. The maximum absolute atomic E-state index is 11.3. The number of thiazole rings is 1. The molecule has 0 atom stereocenters. The third kappa shape index (κ3) is 3.26. The number of rotatable bonds is 4. The van der Waals surface area contributed by atoms with Gasteiger partial charge in [0.25, 0.3) is 0 Å². The van der Waals surface area contributed by atoms with Gasteiger partial charge in [-0.3, -0.25) is 0 Å². The molecule has 2 aromatic carbocycles. The van der Waals surface area contributed by atoms with Gasteiger partial charge in [-0.15, -0.1) is 16.4 Å². The molecule has 0 radical (unpaired) electrons. The zero-order valence-electron chi connectivity index (χ0n) is 12.5. The minimum absolute atomic E-state index is 0.0321. The van der Waals surface area contributed by atoms with Crippen LogP contribution in [0, 0.1) is 0 Å². The predicted molar refractivity (Wildman–Crippen MR) is 94.3 cm³/mol. The fourth-order valence-electron chi connectivity index (χ4n) is 2.15. The molecule has 11 heteroatoms. The van der Waals surface area contributed by atoms with E-state index in [4.69, 9.17) is 5.14 Å². The van der Waals surface area contributed by atoms with Gasteiger partial charge < -0.3 is 0 Å². The van der Waals surface area contributed by atoms with Gasteiger partial charge in [0.05, 0.1) is 20.8 Å². The van der Waals surface area contributed by atoms with Gasteiger partial charge in [-0.1, -0.05) is 12.1 Å². The lowest BCUT2D eigenvalue weighted by Crippen LogP contribution is -2.12. The average molecular weight is 390 g/mol. The summed E-state index contributed by atoms with van der Waals surface area (Å²) >= 11 is 2.89. The molecule has 8 nitrogen and oxygen atoms in total. The van der Waals surface area contributed by atoms with Crippen LogP contribution in [-0.2, 0) is 10.0 Å². The normalized spacial score (nSPS) is 11.9. The highest BCUT2D eigenvalue weighted by Gasteiger charge is 2.14. The summed E-state index contributed by atoms with van der Waals surface area (Å²) in [6.45, 7) is 0. The number of aromatic nitrogens is 5. The Labute approximate surface area is 150 Å². The predicted octanol–water partition coefficient (Wildman–Crippen LogP) is 2.07. The molecule has 0 saturated carbocycles. The second kappa shape index (κ2) is 6.19. The van der Waals surface area contributed by atoms with Crippen molar-refractivity contribution >= 4 is 43.3 Å². The number of nitrogens with zero attached hydrogens (tertiary/aromatic N) is 5. The Morgan fingerprint density at radius 1 is 1.08 bits per heavy atom. The second-order valence-corrected chi connectivity index (χ2v) is 8.77. The number of hydrogen-bond donors (Lipinski definition) is 1. The van der Waals surface area contributed by atoms with Crippen LogP contribution in [0.5, 0.6) is 0 Å². The summed E-state index contributed by atoms with van der Waals surface area (Å²) in [6.07, 6.45) is 0. The number of benzene rings is 2. The van der Waals surface area contributed by atoms with E-state index in [1.54, 1.807) is 23.5 Å². The first-order valence-electron chi connectivity index (χ1n) is 6.96. The monoisotopic (exact) mass is 390 g/mol. The third-order valence-corrected chi connectivity index (χ3v) is 6.27. The topological polar surface area (TPSA) is 117 Å². The van der Waals surface area contributed by atoms with Crippen molar-refractivity contribution in [1.29, 1.82) is 0 Å². The second-order valence-electron chi connectivity index (χ2n) is 4.96. The molecule has 0 fully saturated rings. The highest BCUT2D eigenvalue weighted by atomic mass is 32.2.